The van der Waals surface area contributed by atoms with Crippen LogP contribution in [0.3, 0.4) is 0 Å². The number of amides is 2. The fraction of sp³-hybridized carbons (Fsp3) is 0.926. The van der Waals surface area contributed by atoms with Gasteiger partial charge in [-0.15, -0.1) is 0 Å². The molecule has 34 heavy (non-hydrogen) atoms. The zero-order valence-electron chi connectivity index (χ0n) is 24.4. The first kappa shape index (κ1) is 35.0. The molecule has 4 atom stereocenters. The summed E-state index contributed by atoms with van der Waals surface area (Å²) < 4.78 is 0. The molecule has 2 unspecified atom stereocenters. The number of carbonyl (C=O) groups is 2. The molecular weight excluding hydrogens is 428 g/mol. The van der Waals surface area contributed by atoms with Gasteiger partial charge in [0.05, 0.1) is 12.1 Å². The topological polar surface area (TPSA) is 76.1 Å². The summed E-state index contributed by atoms with van der Waals surface area (Å²) in [6, 6.07) is -0.0406. The number of hydrogen-bond acceptors (Lipinski definition) is 5. The Labute approximate surface area is 211 Å². The third-order valence-corrected chi connectivity index (χ3v) is 6.89. The van der Waals surface area contributed by atoms with Crippen LogP contribution in [0.15, 0.2) is 0 Å². The maximum atomic E-state index is 11.5. The van der Waals surface area contributed by atoms with Crippen molar-refractivity contribution in [2.24, 2.45) is 11.8 Å². The molecule has 0 aromatic rings. The molecule has 0 spiro atoms. The summed E-state index contributed by atoms with van der Waals surface area (Å²) in [7, 11) is 6.00. The lowest BCUT2D eigenvalue weighted by Gasteiger charge is -2.39. The highest BCUT2D eigenvalue weighted by molar-refractivity contribution is 5.75. The molecule has 0 bridgehead atoms. The number of nitrogens with one attached hydrogen (secondary N) is 1. The summed E-state index contributed by atoms with van der Waals surface area (Å²) in [5.74, 6) is 1.95. The summed E-state index contributed by atoms with van der Waals surface area (Å²) in [5.41, 5.74) is 0.182. The van der Waals surface area contributed by atoms with Gasteiger partial charge >= 0.3 is 0 Å². The predicted molar refractivity (Wildman–Crippen MR) is 145 cm³/mol. The fourth-order valence-electron chi connectivity index (χ4n) is 3.84. The molecule has 7 heteroatoms. The van der Waals surface area contributed by atoms with Crippen LogP contribution in [0.1, 0.15) is 87.5 Å². The molecule has 2 saturated heterocycles. The Morgan fingerprint density at radius 1 is 1.03 bits per heavy atom. The smallest absolute Gasteiger partial charge is 0.222 e. The predicted octanol–water partition coefficient (Wildman–Crippen LogP) is 3.85. The Hall–Kier alpha value is -1.18. The van der Waals surface area contributed by atoms with Gasteiger partial charge in [0.15, 0.2) is 0 Å². The Morgan fingerprint density at radius 2 is 1.53 bits per heavy atom. The zero-order chi connectivity index (χ0) is 26.9. The van der Waals surface area contributed by atoms with Gasteiger partial charge < -0.3 is 25.1 Å². The van der Waals surface area contributed by atoms with Crippen LogP contribution in [-0.4, -0.2) is 97.1 Å². The van der Waals surface area contributed by atoms with Crippen molar-refractivity contribution >= 4 is 12.3 Å². The molecule has 2 heterocycles. The van der Waals surface area contributed by atoms with E-state index in [-0.39, 0.29) is 23.6 Å². The molecule has 0 radical (unpaired) electrons. The third-order valence-electron chi connectivity index (χ3n) is 6.89. The second-order valence-corrected chi connectivity index (χ2v) is 9.87. The molecule has 3 fully saturated rings. The van der Waals surface area contributed by atoms with E-state index in [1.54, 1.807) is 11.9 Å². The van der Waals surface area contributed by atoms with E-state index in [0.717, 1.165) is 50.6 Å². The minimum Gasteiger partial charge on any atom is -0.391 e. The van der Waals surface area contributed by atoms with Crippen molar-refractivity contribution in [3.8, 4) is 0 Å². The molecule has 0 aromatic carbocycles. The molecule has 3 rings (SSSR count). The first-order valence-electron chi connectivity index (χ1n) is 13.5. The van der Waals surface area contributed by atoms with Crippen LogP contribution >= 0.6 is 0 Å². The minimum absolute atomic E-state index is 0.0406. The molecule has 2 N–H and O–H groups in total. The highest BCUT2D eigenvalue weighted by Gasteiger charge is 2.36. The van der Waals surface area contributed by atoms with Gasteiger partial charge in [-0.1, -0.05) is 48.5 Å². The molecule has 7 nitrogen and oxygen atoms in total. The number of carbonyl (C=O) groups excluding carboxylic acids is 2. The van der Waals surface area contributed by atoms with Crippen LogP contribution in [0.2, 0.25) is 0 Å². The molecule has 0 aromatic heterocycles. The molecule has 1 saturated carbocycles. The number of hydrogen-bond donors (Lipinski definition) is 2. The quantitative estimate of drug-likeness (QED) is 0.590. The van der Waals surface area contributed by atoms with E-state index in [1.165, 1.54) is 19.5 Å². The van der Waals surface area contributed by atoms with Gasteiger partial charge in [0.1, 0.15) is 0 Å². The van der Waals surface area contributed by atoms with Gasteiger partial charge in [-0.05, 0) is 65.1 Å². The van der Waals surface area contributed by atoms with E-state index in [2.05, 4.69) is 36.0 Å². The number of aliphatic hydroxyl groups excluding tert-OH is 1. The van der Waals surface area contributed by atoms with Crippen molar-refractivity contribution in [3.05, 3.63) is 0 Å². The molecule has 204 valence electrons. The standard InChI is InChI=1S/C10H20N2O2.C8H17N.C5H9NO.2C2H6/c1-4-10(14)12(3)8-7-11(2)6-5-9(8)13;1-7-4-5-9(3)6-8(7)2;1-5(2-3-5)6-4-7;2*1-2/h8-9,13H,4-7H2,1-3H3;7-8H,4-6H2,1-3H3;4H,2-3H2,1H3,(H,6,7);2*1-2H3/t8-,9?;7?,8-;;;/m01.../s1. The lowest BCUT2D eigenvalue weighted by molar-refractivity contribution is -0.135. The Kier molecular flexibility index (Phi) is 19.6. The summed E-state index contributed by atoms with van der Waals surface area (Å²) in [6.45, 7) is 20.9. The molecular formula is C27H58N4O3. The van der Waals surface area contributed by atoms with Gasteiger partial charge in [0.25, 0.3) is 0 Å². The average Bonchev–Trinajstić information content (AvgIpc) is 3.57. The summed E-state index contributed by atoms with van der Waals surface area (Å²) in [5, 5.41) is 12.5. The first-order valence-corrected chi connectivity index (χ1v) is 13.5. The number of nitrogens with zero attached hydrogens (tertiary/aromatic N) is 3. The highest BCUT2D eigenvalue weighted by atomic mass is 16.3. The Balaban J connectivity index is 0. The second-order valence-electron chi connectivity index (χ2n) is 9.87. The monoisotopic (exact) mass is 486 g/mol. The first-order chi connectivity index (χ1) is 16.0. The number of piperidine rings is 2. The van der Waals surface area contributed by atoms with E-state index in [9.17, 15) is 14.7 Å². The summed E-state index contributed by atoms with van der Waals surface area (Å²) in [4.78, 5) is 27.5. The van der Waals surface area contributed by atoms with E-state index < -0.39 is 0 Å². The van der Waals surface area contributed by atoms with Gasteiger partial charge in [0.2, 0.25) is 12.3 Å². The van der Waals surface area contributed by atoms with Gasteiger partial charge in [-0.2, -0.15) is 0 Å². The lowest BCUT2D eigenvalue weighted by Crippen LogP contribution is -2.54. The average molecular weight is 487 g/mol. The van der Waals surface area contributed by atoms with Crippen molar-refractivity contribution in [1.82, 2.24) is 20.0 Å². The lowest BCUT2D eigenvalue weighted by atomic mass is 9.89. The second kappa shape index (κ2) is 19.1. The van der Waals surface area contributed by atoms with Crippen molar-refractivity contribution in [2.75, 3.05) is 47.3 Å². The minimum atomic E-state index is -0.369. The maximum Gasteiger partial charge on any atom is 0.222 e. The SMILES string of the molecule is CC.CC.CC1(NC=O)CC1.CC1CCN(C)C[C@H]1C.CCC(=O)N(C)[C@H]1CN(C)CCC1O. The van der Waals surface area contributed by atoms with E-state index in [0.29, 0.717) is 6.42 Å². The van der Waals surface area contributed by atoms with Crippen LogP contribution in [0.4, 0.5) is 0 Å². The number of likely N-dealkylation sites (N-methyl/N-ethyl adjacent to an activating group) is 2. The Bertz CT molecular complexity index is 528. The van der Waals surface area contributed by atoms with E-state index in [1.807, 2.05) is 48.6 Å². The van der Waals surface area contributed by atoms with Gasteiger partial charge in [-0.25, -0.2) is 0 Å². The maximum absolute atomic E-state index is 11.5. The molecule has 3 aliphatic rings. The van der Waals surface area contributed by atoms with Gasteiger partial charge in [0, 0.05) is 38.6 Å². The molecule has 1 aliphatic carbocycles. The molecule has 2 aliphatic heterocycles. The summed E-state index contributed by atoms with van der Waals surface area (Å²) in [6.07, 6.45) is 5.33. The number of aliphatic hydroxyl groups is 1. The third kappa shape index (κ3) is 14.3. The van der Waals surface area contributed by atoms with Crippen LogP contribution in [0.5, 0.6) is 0 Å². The number of rotatable bonds is 4. The molecule has 2 amide bonds. The van der Waals surface area contributed by atoms with Crippen molar-refractivity contribution in [3.63, 3.8) is 0 Å². The van der Waals surface area contributed by atoms with Gasteiger partial charge in [-0.3, -0.25) is 9.59 Å². The van der Waals surface area contributed by atoms with Crippen LogP contribution in [-0.2, 0) is 9.59 Å². The van der Waals surface area contributed by atoms with Crippen molar-refractivity contribution < 1.29 is 14.7 Å². The normalized spacial score (nSPS) is 27.4. The van der Waals surface area contributed by atoms with Crippen LogP contribution in [0.25, 0.3) is 0 Å². The van der Waals surface area contributed by atoms with Crippen LogP contribution < -0.4 is 5.32 Å². The summed E-state index contributed by atoms with van der Waals surface area (Å²) >= 11 is 0. The largest absolute Gasteiger partial charge is 0.391 e. The van der Waals surface area contributed by atoms with Crippen LogP contribution in [0, 0.1) is 11.8 Å². The number of likely N-dealkylation sites (tertiary alicyclic amines) is 2. The van der Waals surface area contributed by atoms with Crippen molar-refractivity contribution in [2.45, 2.75) is 105 Å². The highest BCUT2D eigenvalue weighted by Crippen LogP contribution is 2.33. The van der Waals surface area contributed by atoms with Crippen molar-refractivity contribution in [1.29, 1.82) is 0 Å². The zero-order valence-corrected chi connectivity index (χ0v) is 24.4. The van der Waals surface area contributed by atoms with E-state index >= 15 is 0 Å². The Morgan fingerprint density at radius 3 is 1.91 bits per heavy atom. The fourth-order valence-corrected chi connectivity index (χ4v) is 3.84. The van der Waals surface area contributed by atoms with E-state index in [4.69, 9.17) is 0 Å².